The molecule has 0 radical (unpaired) electrons. The Hall–Kier alpha value is -1.59. The molecule has 5 heteroatoms. The smallest absolute Gasteiger partial charge is 0.241 e. The van der Waals surface area contributed by atoms with E-state index in [9.17, 15) is 9.90 Å². The zero-order valence-electron chi connectivity index (χ0n) is 14.3. The Balaban J connectivity index is 1.93. The van der Waals surface area contributed by atoms with Gasteiger partial charge < -0.3 is 15.2 Å². The summed E-state index contributed by atoms with van der Waals surface area (Å²) in [5.41, 5.74) is 0.785. The normalized spacial score (nSPS) is 19.1. The Morgan fingerprint density at radius 3 is 2.43 bits per heavy atom. The van der Waals surface area contributed by atoms with E-state index < -0.39 is 0 Å². The molecule has 0 saturated carbocycles. The minimum atomic E-state index is -0.259. The van der Waals surface area contributed by atoms with Gasteiger partial charge in [-0.2, -0.15) is 0 Å². The number of piperidine rings is 1. The van der Waals surface area contributed by atoms with Crippen molar-refractivity contribution < 1.29 is 14.6 Å². The Morgan fingerprint density at radius 1 is 1.35 bits per heavy atom. The van der Waals surface area contributed by atoms with E-state index in [1.54, 1.807) is 7.11 Å². The fourth-order valence-electron chi connectivity index (χ4n) is 3.22. The van der Waals surface area contributed by atoms with Crippen LogP contribution in [-0.2, 0) is 4.79 Å². The molecule has 128 valence electrons. The topological polar surface area (TPSA) is 61.8 Å². The van der Waals surface area contributed by atoms with Gasteiger partial charge in [0.25, 0.3) is 0 Å². The van der Waals surface area contributed by atoms with Gasteiger partial charge in [-0.25, -0.2) is 0 Å². The number of anilines is 1. The molecule has 1 aliphatic heterocycles. The molecule has 1 aromatic carbocycles. The number of amides is 1. The number of likely N-dealkylation sites (tertiary alicyclic amines) is 1. The summed E-state index contributed by atoms with van der Waals surface area (Å²) >= 11 is 0. The van der Waals surface area contributed by atoms with Gasteiger partial charge in [-0.05, 0) is 69.5 Å². The predicted molar refractivity (Wildman–Crippen MR) is 91.7 cm³/mol. The third-order valence-electron chi connectivity index (χ3n) is 4.74. The van der Waals surface area contributed by atoms with E-state index in [1.165, 1.54) is 0 Å². The van der Waals surface area contributed by atoms with Gasteiger partial charge in [0.2, 0.25) is 5.91 Å². The fraction of sp³-hybridized carbons (Fsp3) is 0.611. The number of hydrogen-bond acceptors (Lipinski definition) is 4. The molecule has 0 spiro atoms. The highest BCUT2D eigenvalue weighted by Crippen LogP contribution is 2.23. The van der Waals surface area contributed by atoms with E-state index in [0.717, 1.165) is 43.8 Å². The van der Waals surface area contributed by atoms with Crippen molar-refractivity contribution in [2.75, 3.05) is 25.5 Å². The Labute approximate surface area is 138 Å². The van der Waals surface area contributed by atoms with Crippen molar-refractivity contribution in [2.45, 2.75) is 45.3 Å². The summed E-state index contributed by atoms with van der Waals surface area (Å²) in [6.07, 6.45) is 2.42. The fourth-order valence-corrected chi connectivity index (χ4v) is 3.22. The molecular weight excluding hydrogens is 292 g/mol. The number of ether oxygens (including phenoxy) is 1. The first-order valence-corrected chi connectivity index (χ1v) is 8.42. The molecule has 1 aliphatic rings. The summed E-state index contributed by atoms with van der Waals surface area (Å²) in [6.45, 7) is 5.63. The molecule has 1 saturated heterocycles. The molecule has 2 rings (SSSR count). The van der Waals surface area contributed by atoms with E-state index in [2.05, 4.69) is 10.2 Å². The lowest BCUT2D eigenvalue weighted by molar-refractivity contribution is -0.122. The number of hydrogen-bond donors (Lipinski definition) is 2. The van der Waals surface area contributed by atoms with Crippen LogP contribution in [0.4, 0.5) is 5.69 Å². The molecule has 0 aliphatic carbocycles. The van der Waals surface area contributed by atoms with Crippen molar-refractivity contribution in [1.29, 1.82) is 0 Å². The second-order valence-electron chi connectivity index (χ2n) is 6.26. The maximum absolute atomic E-state index is 12.6. The van der Waals surface area contributed by atoms with Crippen molar-refractivity contribution in [3.63, 3.8) is 0 Å². The van der Waals surface area contributed by atoms with Gasteiger partial charge in [0.1, 0.15) is 5.75 Å². The van der Waals surface area contributed by atoms with E-state index in [1.807, 2.05) is 38.1 Å². The lowest BCUT2D eigenvalue weighted by atomic mass is 9.91. The number of carbonyl (C=O) groups is 1. The monoisotopic (exact) mass is 320 g/mol. The second-order valence-corrected chi connectivity index (χ2v) is 6.26. The third kappa shape index (κ3) is 4.69. The molecule has 1 aromatic rings. The van der Waals surface area contributed by atoms with E-state index in [4.69, 9.17) is 4.74 Å². The van der Waals surface area contributed by atoms with E-state index in [-0.39, 0.29) is 18.1 Å². The first-order chi connectivity index (χ1) is 11.0. The molecule has 1 amide bonds. The van der Waals surface area contributed by atoms with Crippen LogP contribution in [0.2, 0.25) is 0 Å². The number of aliphatic hydroxyl groups is 1. The maximum atomic E-state index is 12.6. The predicted octanol–water partition coefficient (Wildman–Crippen LogP) is 2.51. The highest BCUT2D eigenvalue weighted by Gasteiger charge is 2.30. The second kappa shape index (κ2) is 8.31. The van der Waals surface area contributed by atoms with Crippen LogP contribution in [0.25, 0.3) is 0 Å². The van der Waals surface area contributed by atoms with Crippen LogP contribution in [0.15, 0.2) is 24.3 Å². The number of carbonyl (C=O) groups excluding carboxylic acids is 1. The molecular formula is C18H28N2O3. The molecule has 1 fully saturated rings. The van der Waals surface area contributed by atoms with Gasteiger partial charge in [0.05, 0.1) is 19.3 Å². The summed E-state index contributed by atoms with van der Waals surface area (Å²) < 4.78 is 5.13. The summed E-state index contributed by atoms with van der Waals surface area (Å²) in [5, 5.41) is 12.7. The lowest BCUT2D eigenvalue weighted by Crippen LogP contribution is -2.48. The average Bonchev–Trinajstić information content (AvgIpc) is 2.56. The maximum Gasteiger partial charge on any atom is 0.241 e. The van der Waals surface area contributed by atoms with Crippen molar-refractivity contribution in [3.05, 3.63) is 24.3 Å². The number of benzene rings is 1. The molecule has 0 aromatic heterocycles. The van der Waals surface area contributed by atoms with Gasteiger partial charge >= 0.3 is 0 Å². The zero-order valence-corrected chi connectivity index (χ0v) is 14.3. The largest absolute Gasteiger partial charge is 0.497 e. The standard InChI is InChI=1S/C18H28N2O3/c1-4-17(20-11-9-14(10-12-20)13(2)21)18(22)19-15-5-7-16(23-3)8-6-15/h5-8,13-14,17,21H,4,9-12H2,1-3H3,(H,19,22). The third-order valence-corrected chi connectivity index (χ3v) is 4.74. The van der Waals surface area contributed by atoms with Crippen LogP contribution in [0.1, 0.15) is 33.1 Å². The Morgan fingerprint density at radius 2 is 1.96 bits per heavy atom. The molecule has 2 atom stereocenters. The van der Waals surface area contributed by atoms with Crippen molar-refractivity contribution in [3.8, 4) is 5.75 Å². The van der Waals surface area contributed by atoms with Gasteiger partial charge in [-0.1, -0.05) is 6.92 Å². The first-order valence-electron chi connectivity index (χ1n) is 8.42. The summed E-state index contributed by atoms with van der Waals surface area (Å²) in [5.74, 6) is 1.16. The average molecular weight is 320 g/mol. The summed E-state index contributed by atoms with van der Waals surface area (Å²) in [7, 11) is 1.62. The van der Waals surface area contributed by atoms with Gasteiger partial charge in [-0.3, -0.25) is 9.69 Å². The number of nitrogens with one attached hydrogen (secondary N) is 1. The molecule has 2 N–H and O–H groups in total. The van der Waals surface area contributed by atoms with Crippen LogP contribution in [-0.4, -0.2) is 48.3 Å². The van der Waals surface area contributed by atoms with Crippen molar-refractivity contribution >= 4 is 11.6 Å². The Bertz CT molecular complexity index is 493. The SMILES string of the molecule is CCC(C(=O)Nc1ccc(OC)cc1)N1CCC(C(C)O)CC1. The summed E-state index contributed by atoms with van der Waals surface area (Å²) in [6, 6.07) is 7.26. The van der Waals surface area contributed by atoms with Crippen molar-refractivity contribution in [1.82, 2.24) is 4.90 Å². The quantitative estimate of drug-likeness (QED) is 0.845. The van der Waals surface area contributed by atoms with Crippen LogP contribution < -0.4 is 10.1 Å². The number of rotatable bonds is 6. The minimum absolute atomic E-state index is 0.0353. The van der Waals surface area contributed by atoms with Crippen LogP contribution in [0, 0.1) is 5.92 Å². The number of methoxy groups -OCH3 is 1. The number of aliphatic hydroxyl groups excluding tert-OH is 1. The molecule has 23 heavy (non-hydrogen) atoms. The number of nitrogens with zero attached hydrogens (tertiary/aromatic N) is 1. The molecule has 5 nitrogen and oxygen atoms in total. The summed E-state index contributed by atoms with van der Waals surface area (Å²) in [4.78, 5) is 14.8. The minimum Gasteiger partial charge on any atom is -0.497 e. The van der Waals surface area contributed by atoms with Crippen LogP contribution >= 0.6 is 0 Å². The van der Waals surface area contributed by atoms with E-state index >= 15 is 0 Å². The van der Waals surface area contributed by atoms with Crippen LogP contribution in [0.3, 0.4) is 0 Å². The first kappa shape index (κ1) is 17.8. The molecule has 1 heterocycles. The van der Waals surface area contributed by atoms with E-state index in [0.29, 0.717) is 5.92 Å². The van der Waals surface area contributed by atoms with Gasteiger partial charge in [-0.15, -0.1) is 0 Å². The van der Waals surface area contributed by atoms with Crippen LogP contribution in [0.5, 0.6) is 5.75 Å². The highest BCUT2D eigenvalue weighted by atomic mass is 16.5. The zero-order chi connectivity index (χ0) is 16.8. The Kier molecular flexibility index (Phi) is 6.42. The van der Waals surface area contributed by atoms with Crippen molar-refractivity contribution in [2.24, 2.45) is 5.92 Å². The molecule has 2 unspecified atom stereocenters. The van der Waals surface area contributed by atoms with Gasteiger partial charge in [0.15, 0.2) is 0 Å². The highest BCUT2D eigenvalue weighted by molar-refractivity contribution is 5.94. The van der Waals surface area contributed by atoms with Gasteiger partial charge in [0, 0.05) is 5.69 Å². The molecule has 0 bridgehead atoms. The lowest BCUT2D eigenvalue weighted by Gasteiger charge is -2.37.